The Kier molecular flexibility index (Phi) is 6.17. The van der Waals surface area contributed by atoms with Crippen LogP contribution in [0.1, 0.15) is 11.1 Å². The standard InChI is InChI=1S/C18H19NO4/c1-22-16-9-5-8-15(10-16)12-19-17(20)13-23-18(21)11-14-6-3-2-4-7-14/h2-10H,11-13H2,1H3,(H,19,20). The Morgan fingerprint density at radius 3 is 2.48 bits per heavy atom. The van der Waals surface area contributed by atoms with Gasteiger partial charge in [-0.25, -0.2) is 0 Å². The lowest BCUT2D eigenvalue weighted by Crippen LogP contribution is -2.28. The summed E-state index contributed by atoms with van der Waals surface area (Å²) < 4.78 is 10.1. The highest BCUT2D eigenvalue weighted by Crippen LogP contribution is 2.12. The summed E-state index contributed by atoms with van der Waals surface area (Å²) in [5.74, 6) is -0.0343. The molecule has 2 aromatic carbocycles. The predicted molar refractivity (Wildman–Crippen MR) is 85.9 cm³/mol. The van der Waals surface area contributed by atoms with E-state index in [1.807, 2.05) is 54.6 Å². The predicted octanol–water partition coefficient (Wildman–Crippen LogP) is 2.10. The highest BCUT2D eigenvalue weighted by atomic mass is 16.5. The molecule has 0 saturated carbocycles. The van der Waals surface area contributed by atoms with Crippen LogP contribution in [0.3, 0.4) is 0 Å². The zero-order valence-corrected chi connectivity index (χ0v) is 13.0. The molecule has 1 N–H and O–H groups in total. The van der Waals surface area contributed by atoms with E-state index in [1.54, 1.807) is 7.11 Å². The van der Waals surface area contributed by atoms with E-state index in [1.165, 1.54) is 0 Å². The third-order valence-corrected chi connectivity index (χ3v) is 3.18. The average molecular weight is 313 g/mol. The number of benzene rings is 2. The molecule has 0 aliphatic rings. The van der Waals surface area contributed by atoms with Crippen LogP contribution in [0, 0.1) is 0 Å². The summed E-state index contributed by atoms with van der Waals surface area (Å²) in [6, 6.07) is 16.6. The number of carbonyl (C=O) groups is 2. The van der Waals surface area contributed by atoms with Gasteiger partial charge in [-0.15, -0.1) is 0 Å². The van der Waals surface area contributed by atoms with Gasteiger partial charge in [-0.2, -0.15) is 0 Å². The van der Waals surface area contributed by atoms with Gasteiger partial charge in [0.05, 0.1) is 13.5 Å². The highest BCUT2D eigenvalue weighted by Gasteiger charge is 2.08. The van der Waals surface area contributed by atoms with Crippen molar-refractivity contribution in [3.63, 3.8) is 0 Å². The van der Waals surface area contributed by atoms with Crippen LogP contribution in [0.4, 0.5) is 0 Å². The number of esters is 1. The first-order valence-electron chi connectivity index (χ1n) is 7.26. The fraction of sp³-hybridized carbons (Fsp3) is 0.222. The summed E-state index contributed by atoms with van der Waals surface area (Å²) >= 11 is 0. The van der Waals surface area contributed by atoms with Gasteiger partial charge in [0.2, 0.25) is 0 Å². The molecule has 5 nitrogen and oxygen atoms in total. The summed E-state index contributed by atoms with van der Waals surface area (Å²) in [6.07, 6.45) is 0.157. The second kappa shape index (κ2) is 8.58. The Morgan fingerprint density at radius 2 is 1.74 bits per heavy atom. The van der Waals surface area contributed by atoms with Gasteiger partial charge in [0.25, 0.3) is 5.91 Å². The van der Waals surface area contributed by atoms with Crippen LogP contribution in [-0.4, -0.2) is 25.6 Å². The first-order chi connectivity index (χ1) is 11.2. The third kappa shape index (κ3) is 5.82. The van der Waals surface area contributed by atoms with E-state index in [0.29, 0.717) is 6.54 Å². The molecule has 0 saturated heterocycles. The van der Waals surface area contributed by atoms with E-state index in [2.05, 4.69) is 5.32 Å². The van der Waals surface area contributed by atoms with Crippen molar-refractivity contribution in [3.05, 3.63) is 65.7 Å². The largest absolute Gasteiger partial charge is 0.497 e. The van der Waals surface area contributed by atoms with Crippen molar-refractivity contribution in [1.82, 2.24) is 5.32 Å². The summed E-state index contributed by atoms with van der Waals surface area (Å²) in [4.78, 5) is 23.4. The molecule has 1 amide bonds. The van der Waals surface area contributed by atoms with E-state index >= 15 is 0 Å². The summed E-state index contributed by atoms with van der Waals surface area (Å²) in [7, 11) is 1.59. The van der Waals surface area contributed by atoms with E-state index in [0.717, 1.165) is 16.9 Å². The average Bonchev–Trinajstić information content (AvgIpc) is 2.59. The van der Waals surface area contributed by atoms with Crippen molar-refractivity contribution in [1.29, 1.82) is 0 Å². The molecular formula is C18H19NO4. The molecule has 0 heterocycles. The van der Waals surface area contributed by atoms with Gasteiger partial charge in [0.1, 0.15) is 5.75 Å². The number of methoxy groups -OCH3 is 1. The Balaban J connectivity index is 1.71. The lowest BCUT2D eigenvalue weighted by Gasteiger charge is -2.08. The lowest BCUT2D eigenvalue weighted by molar-refractivity contribution is -0.147. The van der Waals surface area contributed by atoms with Crippen molar-refractivity contribution in [2.75, 3.05) is 13.7 Å². The fourth-order valence-electron chi connectivity index (χ4n) is 1.99. The molecule has 5 heteroatoms. The molecule has 23 heavy (non-hydrogen) atoms. The van der Waals surface area contributed by atoms with Crippen LogP contribution in [0.25, 0.3) is 0 Å². The number of rotatable bonds is 7. The molecule has 0 aliphatic heterocycles. The number of carbonyl (C=O) groups excluding carboxylic acids is 2. The summed E-state index contributed by atoms with van der Waals surface area (Å²) in [6.45, 7) is 0.0713. The van der Waals surface area contributed by atoms with Crippen LogP contribution in [0.5, 0.6) is 5.75 Å². The van der Waals surface area contributed by atoms with Crippen molar-refractivity contribution in [3.8, 4) is 5.75 Å². The maximum Gasteiger partial charge on any atom is 0.310 e. The van der Waals surface area contributed by atoms with E-state index in [-0.39, 0.29) is 18.9 Å². The second-order valence-corrected chi connectivity index (χ2v) is 4.95. The number of hydrogen-bond acceptors (Lipinski definition) is 4. The zero-order chi connectivity index (χ0) is 16.5. The second-order valence-electron chi connectivity index (χ2n) is 4.95. The molecular weight excluding hydrogens is 294 g/mol. The molecule has 2 rings (SSSR count). The molecule has 120 valence electrons. The Bertz CT molecular complexity index is 655. The summed E-state index contributed by atoms with van der Waals surface area (Å²) in [5, 5.41) is 2.70. The number of nitrogens with one attached hydrogen (secondary N) is 1. The molecule has 0 fully saturated rings. The molecule has 0 aromatic heterocycles. The number of hydrogen-bond donors (Lipinski definition) is 1. The first kappa shape index (κ1) is 16.5. The molecule has 0 spiro atoms. The van der Waals surface area contributed by atoms with Crippen molar-refractivity contribution >= 4 is 11.9 Å². The highest BCUT2D eigenvalue weighted by molar-refractivity contribution is 5.81. The Labute approximate surface area is 135 Å². The summed E-state index contributed by atoms with van der Waals surface area (Å²) in [5.41, 5.74) is 1.77. The normalized spacial score (nSPS) is 9.96. The Morgan fingerprint density at radius 1 is 1.00 bits per heavy atom. The lowest BCUT2D eigenvalue weighted by atomic mass is 10.2. The van der Waals surface area contributed by atoms with Gasteiger partial charge in [-0.05, 0) is 23.3 Å². The topological polar surface area (TPSA) is 64.6 Å². The SMILES string of the molecule is COc1cccc(CNC(=O)COC(=O)Cc2ccccc2)c1. The minimum atomic E-state index is -0.423. The van der Waals surface area contributed by atoms with Crippen LogP contribution >= 0.6 is 0 Å². The first-order valence-corrected chi connectivity index (χ1v) is 7.26. The van der Waals surface area contributed by atoms with Gasteiger partial charge in [0, 0.05) is 6.54 Å². The monoisotopic (exact) mass is 313 g/mol. The van der Waals surface area contributed by atoms with Crippen molar-refractivity contribution in [2.24, 2.45) is 0 Å². The van der Waals surface area contributed by atoms with Gasteiger partial charge >= 0.3 is 5.97 Å². The minimum Gasteiger partial charge on any atom is -0.497 e. The maximum atomic E-state index is 11.7. The minimum absolute atomic E-state index is 0.157. The van der Waals surface area contributed by atoms with E-state index in [9.17, 15) is 9.59 Å². The Hall–Kier alpha value is -2.82. The smallest absolute Gasteiger partial charge is 0.310 e. The van der Waals surface area contributed by atoms with Gasteiger partial charge in [-0.3, -0.25) is 9.59 Å². The van der Waals surface area contributed by atoms with Crippen LogP contribution < -0.4 is 10.1 Å². The molecule has 0 bridgehead atoms. The number of amides is 1. The fourth-order valence-corrected chi connectivity index (χ4v) is 1.99. The van der Waals surface area contributed by atoms with Crippen LogP contribution in [0.2, 0.25) is 0 Å². The molecule has 0 aliphatic carbocycles. The van der Waals surface area contributed by atoms with Crippen molar-refractivity contribution < 1.29 is 19.1 Å². The third-order valence-electron chi connectivity index (χ3n) is 3.18. The molecule has 0 radical (unpaired) electrons. The van der Waals surface area contributed by atoms with Gasteiger partial charge in [-0.1, -0.05) is 42.5 Å². The zero-order valence-electron chi connectivity index (χ0n) is 13.0. The van der Waals surface area contributed by atoms with E-state index in [4.69, 9.17) is 9.47 Å². The van der Waals surface area contributed by atoms with E-state index < -0.39 is 5.97 Å². The van der Waals surface area contributed by atoms with Crippen LogP contribution in [0.15, 0.2) is 54.6 Å². The quantitative estimate of drug-likeness (QED) is 0.795. The number of ether oxygens (including phenoxy) is 2. The molecule has 2 aromatic rings. The van der Waals surface area contributed by atoms with Gasteiger partial charge < -0.3 is 14.8 Å². The maximum absolute atomic E-state index is 11.7. The molecule has 0 atom stereocenters. The molecule has 0 unspecified atom stereocenters. The van der Waals surface area contributed by atoms with Crippen LogP contribution in [-0.2, 0) is 27.3 Å². The van der Waals surface area contributed by atoms with Crippen molar-refractivity contribution in [2.45, 2.75) is 13.0 Å². The van der Waals surface area contributed by atoms with Gasteiger partial charge in [0.15, 0.2) is 6.61 Å².